The van der Waals surface area contributed by atoms with E-state index in [1.54, 1.807) is 25.6 Å². The van der Waals surface area contributed by atoms with E-state index in [0.29, 0.717) is 42.5 Å². The van der Waals surface area contributed by atoms with Gasteiger partial charge in [-0.25, -0.2) is 18.4 Å². The molecular formula is C18H23N7O2S. The summed E-state index contributed by atoms with van der Waals surface area (Å²) in [6.07, 6.45) is 5.39. The molecule has 0 spiro atoms. The van der Waals surface area contributed by atoms with Crippen LogP contribution in [0.3, 0.4) is 0 Å². The Morgan fingerprint density at radius 2 is 1.61 bits per heavy atom. The van der Waals surface area contributed by atoms with E-state index < -0.39 is 10.0 Å². The summed E-state index contributed by atoms with van der Waals surface area (Å²) in [5.74, 6) is 1.58. The van der Waals surface area contributed by atoms with Crippen molar-refractivity contribution in [3.8, 4) is 5.82 Å². The van der Waals surface area contributed by atoms with Crippen LogP contribution in [0.15, 0.2) is 41.8 Å². The number of aryl methyl sites for hydroxylation is 2. The van der Waals surface area contributed by atoms with Crippen LogP contribution >= 0.6 is 0 Å². The van der Waals surface area contributed by atoms with E-state index >= 15 is 0 Å². The molecule has 0 N–H and O–H groups in total. The molecule has 0 radical (unpaired) electrons. The van der Waals surface area contributed by atoms with Gasteiger partial charge in [0.1, 0.15) is 22.9 Å². The van der Waals surface area contributed by atoms with Crippen LogP contribution in [0, 0.1) is 13.8 Å². The van der Waals surface area contributed by atoms with Gasteiger partial charge in [-0.2, -0.15) is 9.40 Å². The number of sulfonamides is 1. The molecule has 1 fully saturated rings. The summed E-state index contributed by atoms with van der Waals surface area (Å²) in [6, 6.07) is 5.79. The maximum absolute atomic E-state index is 13.1. The first-order chi connectivity index (χ1) is 13.4. The van der Waals surface area contributed by atoms with Gasteiger partial charge in [0.05, 0.1) is 11.4 Å². The van der Waals surface area contributed by atoms with Crippen LogP contribution < -0.4 is 4.90 Å². The minimum Gasteiger partial charge on any atom is -0.354 e. The Bertz CT molecular complexity index is 1080. The topological polar surface area (TPSA) is 89.2 Å². The predicted molar refractivity (Wildman–Crippen MR) is 105 cm³/mol. The summed E-state index contributed by atoms with van der Waals surface area (Å²) < 4.78 is 31.3. The monoisotopic (exact) mass is 401 g/mol. The number of nitrogens with zero attached hydrogens (tertiary/aromatic N) is 7. The van der Waals surface area contributed by atoms with Crippen molar-refractivity contribution in [2.75, 3.05) is 31.1 Å². The molecule has 28 heavy (non-hydrogen) atoms. The Hall–Kier alpha value is -2.72. The Balaban J connectivity index is 1.51. The molecule has 0 amide bonds. The maximum Gasteiger partial charge on any atom is 0.246 e. The fourth-order valence-electron chi connectivity index (χ4n) is 3.55. The van der Waals surface area contributed by atoms with E-state index in [9.17, 15) is 8.42 Å². The molecule has 10 heteroatoms. The van der Waals surface area contributed by atoms with Crippen LogP contribution in [0.2, 0.25) is 0 Å². The van der Waals surface area contributed by atoms with E-state index in [2.05, 4.69) is 20.0 Å². The van der Waals surface area contributed by atoms with E-state index in [4.69, 9.17) is 0 Å². The van der Waals surface area contributed by atoms with Gasteiger partial charge >= 0.3 is 0 Å². The first-order valence-corrected chi connectivity index (χ1v) is 10.5. The largest absolute Gasteiger partial charge is 0.354 e. The van der Waals surface area contributed by atoms with Gasteiger partial charge in [-0.15, -0.1) is 0 Å². The van der Waals surface area contributed by atoms with E-state index in [-0.39, 0.29) is 0 Å². The highest BCUT2D eigenvalue weighted by atomic mass is 32.2. The van der Waals surface area contributed by atoms with Crippen molar-refractivity contribution >= 4 is 15.8 Å². The van der Waals surface area contributed by atoms with Crippen LogP contribution in [0.4, 0.5) is 5.82 Å². The molecule has 1 saturated heterocycles. The number of hydrogen-bond donors (Lipinski definition) is 0. The van der Waals surface area contributed by atoms with Crippen molar-refractivity contribution in [3.05, 3.63) is 48.3 Å². The number of piperazine rings is 1. The second-order valence-electron chi connectivity index (χ2n) is 6.84. The fraction of sp³-hybridized carbons (Fsp3) is 0.389. The highest BCUT2D eigenvalue weighted by molar-refractivity contribution is 7.89. The van der Waals surface area contributed by atoms with Gasteiger partial charge in [0.15, 0.2) is 0 Å². The Labute approximate surface area is 164 Å². The molecular weight excluding hydrogens is 378 g/mol. The van der Waals surface area contributed by atoms with Crippen LogP contribution in [0.5, 0.6) is 0 Å². The van der Waals surface area contributed by atoms with E-state index in [1.807, 2.05) is 35.2 Å². The van der Waals surface area contributed by atoms with Crippen LogP contribution in [0.25, 0.3) is 5.82 Å². The molecule has 1 aliphatic rings. The van der Waals surface area contributed by atoms with Crippen LogP contribution in [-0.2, 0) is 17.1 Å². The highest BCUT2D eigenvalue weighted by Crippen LogP contribution is 2.25. The summed E-state index contributed by atoms with van der Waals surface area (Å²) in [7, 11) is -1.80. The third kappa shape index (κ3) is 3.18. The SMILES string of the molecule is Cc1nn(C)c(C)c1S(=O)(=O)N1CCN(c2cc(-n3cccc3)ncn2)CC1. The van der Waals surface area contributed by atoms with Gasteiger partial charge in [-0.3, -0.25) is 4.68 Å². The Kier molecular flexibility index (Phi) is 4.68. The van der Waals surface area contributed by atoms with Crippen LogP contribution in [0.1, 0.15) is 11.4 Å². The van der Waals surface area contributed by atoms with Gasteiger partial charge in [-0.05, 0) is 26.0 Å². The van der Waals surface area contributed by atoms with Gasteiger partial charge in [-0.1, -0.05) is 0 Å². The Morgan fingerprint density at radius 3 is 2.21 bits per heavy atom. The van der Waals surface area contributed by atoms with Crippen molar-refractivity contribution in [1.29, 1.82) is 0 Å². The molecule has 3 aromatic rings. The average Bonchev–Trinajstić information content (AvgIpc) is 3.31. The number of aromatic nitrogens is 5. The molecule has 0 unspecified atom stereocenters. The number of anilines is 1. The predicted octanol–water partition coefficient (Wildman–Crippen LogP) is 1.13. The molecule has 0 aliphatic carbocycles. The molecule has 0 atom stereocenters. The average molecular weight is 401 g/mol. The second-order valence-corrected chi connectivity index (χ2v) is 8.71. The quantitative estimate of drug-likeness (QED) is 0.651. The third-order valence-corrected chi connectivity index (χ3v) is 7.26. The molecule has 0 bridgehead atoms. The van der Waals surface area contributed by atoms with Gasteiger partial charge in [0, 0.05) is 51.7 Å². The zero-order valence-corrected chi connectivity index (χ0v) is 17.0. The zero-order valence-electron chi connectivity index (χ0n) is 16.1. The van der Waals surface area contributed by atoms with Crippen molar-refractivity contribution in [2.24, 2.45) is 7.05 Å². The van der Waals surface area contributed by atoms with Crippen molar-refractivity contribution < 1.29 is 8.42 Å². The lowest BCUT2D eigenvalue weighted by molar-refractivity contribution is 0.383. The van der Waals surface area contributed by atoms with E-state index in [1.165, 1.54) is 10.6 Å². The summed E-state index contributed by atoms with van der Waals surface area (Å²) in [6.45, 7) is 5.46. The summed E-state index contributed by atoms with van der Waals surface area (Å²) >= 11 is 0. The lowest BCUT2D eigenvalue weighted by atomic mass is 10.3. The molecule has 4 rings (SSSR count). The Morgan fingerprint density at radius 1 is 0.964 bits per heavy atom. The lowest BCUT2D eigenvalue weighted by Gasteiger charge is -2.34. The first kappa shape index (κ1) is 18.6. The second kappa shape index (κ2) is 7.02. The molecule has 4 heterocycles. The van der Waals surface area contributed by atoms with Crippen molar-refractivity contribution in [2.45, 2.75) is 18.7 Å². The van der Waals surface area contributed by atoms with Gasteiger partial charge < -0.3 is 9.47 Å². The molecule has 3 aromatic heterocycles. The standard InChI is InChI=1S/C18H23N7O2S/c1-14-18(15(2)22(3)21-14)28(26,27)25-10-8-24(9-11-25)17-12-16(19-13-20-17)23-6-4-5-7-23/h4-7,12-13H,8-11H2,1-3H3. The zero-order chi connectivity index (χ0) is 19.9. The fourth-order valence-corrected chi connectivity index (χ4v) is 5.37. The van der Waals surface area contributed by atoms with Gasteiger partial charge in [0.25, 0.3) is 0 Å². The first-order valence-electron chi connectivity index (χ1n) is 9.08. The summed E-state index contributed by atoms with van der Waals surface area (Å²) in [5.41, 5.74) is 1.20. The number of hydrogen-bond acceptors (Lipinski definition) is 6. The third-order valence-electron chi connectivity index (χ3n) is 5.11. The number of rotatable bonds is 4. The molecule has 0 aromatic carbocycles. The molecule has 0 saturated carbocycles. The molecule has 9 nitrogen and oxygen atoms in total. The summed E-state index contributed by atoms with van der Waals surface area (Å²) in [4.78, 5) is 11.1. The van der Waals surface area contributed by atoms with Gasteiger partial charge in [0.2, 0.25) is 10.0 Å². The minimum absolute atomic E-state index is 0.320. The van der Waals surface area contributed by atoms with Crippen molar-refractivity contribution in [1.82, 2.24) is 28.6 Å². The summed E-state index contributed by atoms with van der Waals surface area (Å²) in [5, 5.41) is 4.25. The molecule has 148 valence electrons. The maximum atomic E-state index is 13.1. The highest BCUT2D eigenvalue weighted by Gasteiger charge is 2.33. The molecule has 1 aliphatic heterocycles. The van der Waals surface area contributed by atoms with Crippen molar-refractivity contribution in [3.63, 3.8) is 0 Å². The van der Waals surface area contributed by atoms with E-state index in [0.717, 1.165) is 11.6 Å². The minimum atomic E-state index is -3.57. The lowest BCUT2D eigenvalue weighted by Crippen LogP contribution is -2.49. The smallest absolute Gasteiger partial charge is 0.246 e. The van der Waals surface area contributed by atoms with Crippen LogP contribution in [-0.4, -0.2) is 63.2 Å². The normalized spacial score (nSPS) is 15.9.